The molecule has 0 aliphatic carbocycles. The third-order valence-corrected chi connectivity index (χ3v) is 4.72. The van der Waals surface area contributed by atoms with Crippen molar-refractivity contribution in [3.63, 3.8) is 0 Å². The van der Waals surface area contributed by atoms with Gasteiger partial charge in [0.1, 0.15) is 0 Å². The summed E-state index contributed by atoms with van der Waals surface area (Å²) in [4.78, 5) is 11.5. The number of benzene rings is 3. The Labute approximate surface area is 156 Å². The van der Waals surface area contributed by atoms with Crippen LogP contribution in [0, 0.1) is 0 Å². The van der Waals surface area contributed by atoms with E-state index in [0.29, 0.717) is 0 Å². The molecule has 1 amide bonds. The van der Waals surface area contributed by atoms with Gasteiger partial charge in [-0.2, -0.15) is 13.2 Å². The highest BCUT2D eigenvalue weighted by Gasteiger charge is 2.35. The standard InChI is InChI=1S/C22H20F3NO/c1-3-21(27)26-16-11-12-18(20(13-16)22(23,24)25)14(2)17-10-6-8-15-7-4-5-9-19(15)17/h4-14H,3H2,1-2H3,(H,26,27)/t14-/m1/s1. The number of halogens is 3. The first-order valence-electron chi connectivity index (χ1n) is 8.80. The Morgan fingerprint density at radius 2 is 1.70 bits per heavy atom. The van der Waals surface area contributed by atoms with Crippen molar-refractivity contribution in [3.05, 3.63) is 77.4 Å². The van der Waals surface area contributed by atoms with Gasteiger partial charge in [0.2, 0.25) is 5.91 Å². The Balaban J connectivity index is 2.10. The Hall–Kier alpha value is -2.82. The van der Waals surface area contributed by atoms with Crippen molar-refractivity contribution in [2.24, 2.45) is 0 Å². The lowest BCUT2D eigenvalue weighted by Gasteiger charge is -2.21. The van der Waals surface area contributed by atoms with Gasteiger partial charge in [0, 0.05) is 18.0 Å². The first-order valence-corrected chi connectivity index (χ1v) is 8.80. The van der Waals surface area contributed by atoms with Gasteiger partial charge in [0.25, 0.3) is 0 Å². The molecule has 0 aliphatic heterocycles. The molecule has 27 heavy (non-hydrogen) atoms. The van der Waals surface area contributed by atoms with E-state index in [4.69, 9.17) is 0 Å². The molecular weight excluding hydrogens is 351 g/mol. The Kier molecular flexibility index (Phi) is 5.22. The molecule has 1 N–H and O–H groups in total. The molecule has 140 valence electrons. The number of fused-ring (bicyclic) bond motifs is 1. The second-order valence-electron chi connectivity index (χ2n) is 6.49. The highest BCUT2D eigenvalue weighted by atomic mass is 19.4. The van der Waals surface area contributed by atoms with Crippen LogP contribution in [0.25, 0.3) is 10.8 Å². The van der Waals surface area contributed by atoms with Crippen molar-refractivity contribution >= 4 is 22.4 Å². The molecule has 3 aromatic rings. The average molecular weight is 371 g/mol. The van der Waals surface area contributed by atoms with Crippen LogP contribution < -0.4 is 5.32 Å². The zero-order valence-electron chi connectivity index (χ0n) is 15.1. The van der Waals surface area contributed by atoms with Gasteiger partial charge < -0.3 is 5.32 Å². The van der Waals surface area contributed by atoms with Gasteiger partial charge in [-0.25, -0.2) is 0 Å². The zero-order valence-corrected chi connectivity index (χ0v) is 15.1. The largest absolute Gasteiger partial charge is 0.416 e. The van der Waals surface area contributed by atoms with Crippen LogP contribution in [0.2, 0.25) is 0 Å². The Morgan fingerprint density at radius 1 is 1.00 bits per heavy atom. The van der Waals surface area contributed by atoms with Crippen LogP contribution in [0.5, 0.6) is 0 Å². The molecule has 0 saturated heterocycles. The van der Waals surface area contributed by atoms with Crippen molar-refractivity contribution < 1.29 is 18.0 Å². The number of nitrogens with one attached hydrogen (secondary N) is 1. The Bertz CT molecular complexity index is 973. The van der Waals surface area contributed by atoms with E-state index >= 15 is 0 Å². The molecule has 2 nitrogen and oxygen atoms in total. The van der Waals surface area contributed by atoms with Crippen LogP contribution >= 0.6 is 0 Å². The maximum Gasteiger partial charge on any atom is 0.416 e. The molecule has 3 rings (SSSR count). The van der Waals surface area contributed by atoms with Gasteiger partial charge in [-0.3, -0.25) is 4.79 Å². The number of alkyl halides is 3. The monoisotopic (exact) mass is 371 g/mol. The number of carbonyl (C=O) groups is 1. The van der Waals surface area contributed by atoms with Gasteiger partial charge in [0.15, 0.2) is 0 Å². The predicted molar refractivity (Wildman–Crippen MR) is 102 cm³/mol. The summed E-state index contributed by atoms with van der Waals surface area (Å²) in [6.45, 7) is 3.42. The number of amides is 1. The van der Waals surface area contributed by atoms with Crippen LogP contribution in [0.3, 0.4) is 0 Å². The van der Waals surface area contributed by atoms with Crippen LogP contribution in [-0.4, -0.2) is 5.91 Å². The van der Waals surface area contributed by atoms with Gasteiger partial charge in [-0.15, -0.1) is 0 Å². The lowest BCUT2D eigenvalue weighted by atomic mass is 9.86. The van der Waals surface area contributed by atoms with E-state index in [0.717, 1.165) is 22.4 Å². The number of carbonyl (C=O) groups excluding carboxylic acids is 1. The third kappa shape index (κ3) is 3.97. The molecule has 0 aliphatic rings. The van der Waals surface area contributed by atoms with Gasteiger partial charge >= 0.3 is 6.18 Å². The fraction of sp³-hybridized carbons (Fsp3) is 0.227. The van der Waals surface area contributed by atoms with E-state index in [1.807, 2.05) is 42.5 Å². The summed E-state index contributed by atoms with van der Waals surface area (Å²) in [5.41, 5.74) is 0.456. The number of rotatable bonds is 4. The summed E-state index contributed by atoms with van der Waals surface area (Å²) in [5, 5.41) is 4.42. The molecule has 0 spiro atoms. The quantitative estimate of drug-likeness (QED) is 0.568. The second kappa shape index (κ2) is 7.43. The minimum Gasteiger partial charge on any atom is -0.326 e. The number of anilines is 1. The maximum atomic E-state index is 13.7. The fourth-order valence-electron chi connectivity index (χ4n) is 3.30. The highest BCUT2D eigenvalue weighted by Crippen LogP contribution is 2.40. The summed E-state index contributed by atoms with van der Waals surface area (Å²) in [6, 6.07) is 17.3. The molecule has 0 aromatic heterocycles. The smallest absolute Gasteiger partial charge is 0.326 e. The van der Waals surface area contributed by atoms with Crippen LogP contribution in [0.1, 0.15) is 42.9 Å². The minimum atomic E-state index is -4.51. The van der Waals surface area contributed by atoms with Crippen molar-refractivity contribution in [1.29, 1.82) is 0 Å². The molecule has 1 atom stereocenters. The number of hydrogen-bond acceptors (Lipinski definition) is 1. The molecule has 0 bridgehead atoms. The van der Waals surface area contributed by atoms with E-state index in [2.05, 4.69) is 5.32 Å². The second-order valence-corrected chi connectivity index (χ2v) is 6.49. The first kappa shape index (κ1) is 19.0. The number of hydrogen-bond donors (Lipinski definition) is 1. The molecule has 0 fully saturated rings. The van der Waals surface area contributed by atoms with E-state index in [1.165, 1.54) is 12.1 Å². The molecular formula is C22H20F3NO. The van der Waals surface area contributed by atoms with Crippen LogP contribution in [-0.2, 0) is 11.0 Å². The average Bonchev–Trinajstić information content (AvgIpc) is 2.66. The SMILES string of the molecule is CCC(=O)Nc1ccc([C@H](C)c2cccc3ccccc23)c(C(F)(F)F)c1. The zero-order chi connectivity index (χ0) is 19.6. The van der Waals surface area contributed by atoms with E-state index in [9.17, 15) is 18.0 Å². The van der Waals surface area contributed by atoms with E-state index < -0.39 is 17.7 Å². The summed E-state index contributed by atoms with van der Waals surface area (Å²) >= 11 is 0. The first-order chi connectivity index (χ1) is 12.8. The predicted octanol–water partition coefficient (Wildman–Crippen LogP) is 6.36. The minimum absolute atomic E-state index is 0.156. The van der Waals surface area contributed by atoms with Crippen molar-refractivity contribution in [2.75, 3.05) is 5.32 Å². The van der Waals surface area contributed by atoms with E-state index in [1.54, 1.807) is 13.8 Å². The van der Waals surface area contributed by atoms with E-state index in [-0.39, 0.29) is 23.6 Å². The summed E-state index contributed by atoms with van der Waals surface area (Å²) in [6.07, 6.45) is -4.31. The van der Waals surface area contributed by atoms with Crippen molar-refractivity contribution in [1.82, 2.24) is 0 Å². The third-order valence-electron chi connectivity index (χ3n) is 4.72. The van der Waals surface area contributed by atoms with Crippen LogP contribution in [0.4, 0.5) is 18.9 Å². The van der Waals surface area contributed by atoms with Gasteiger partial charge in [-0.05, 0) is 34.0 Å². The molecule has 3 aromatic carbocycles. The lowest BCUT2D eigenvalue weighted by Crippen LogP contribution is -2.15. The summed E-state index contributed by atoms with van der Waals surface area (Å²) in [5.74, 6) is -0.776. The normalized spacial score (nSPS) is 12.8. The van der Waals surface area contributed by atoms with Gasteiger partial charge in [0.05, 0.1) is 5.56 Å². The van der Waals surface area contributed by atoms with Crippen LogP contribution in [0.15, 0.2) is 60.7 Å². The molecule has 0 saturated carbocycles. The Morgan fingerprint density at radius 3 is 2.41 bits per heavy atom. The van der Waals surface area contributed by atoms with Crippen molar-refractivity contribution in [3.8, 4) is 0 Å². The molecule has 0 unspecified atom stereocenters. The fourth-order valence-corrected chi connectivity index (χ4v) is 3.30. The van der Waals surface area contributed by atoms with Gasteiger partial charge in [-0.1, -0.05) is 62.4 Å². The summed E-state index contributed by atoms with van der Waals surface area (Å²) < 4.78 is 41.2. The van der Waals surface area contributed by atoms with Crippen molar-refractivity contribution in [2.45, 2.75) is 32.4 Å². The highest BCUT2D eigenvalue weighted by molar-refractivity contribution is 5.90. The lowest BCUT2D eigenvalue weighted by molar-refractivity contribution is -0.138. The topological polar surface area (TPSA) is 29.1 Å². The summed E-state index contributed by atoms with van der Waals surface area (Å²) in [7, 11) is 0. The molecule has 0 radical (unpaired) electrons. The molecule has 5 heteroatoms. The molecule has 0 heterocycles. The maximum absolute atomic E-state index is 13.7.